The molecule has 0 saturated heterocycles. The molecule has 1 unspecified atom stereocenters. The summed E-state index contributed by atoms with van der Waals surface area (Å²) >= 11 is 1.52. The fourth-order valence-corrected chi connectivity index (χ4v) is 4.00. The lowest BCUT2D eigenvalue weighted by atomic mass is 9.91. The molecule has 2 nitrogen and oxygen atoms in total. The lowest BCUT2D eigenvalue weighted by molar-refractivity contribution is 0.348. The predicted molar refractivity (Wildman–Crippen MR) is 114 cm³/mol. The molecular formula is C24H19F2NOS. The largest absolute Gasteiger partial charge is 0.487 e. The average molecular weight is 407 g/mol. The number of halogens is 2. The first-order chi connectivity index (χ1) is 14.1. The van der Waals surface area contributed by atoms with E-state index in [0.29, 0.717) is 12.4 Å². The zero-order chi connectivity index (χ0) is 20.2. The van der Waals surface area contributed by atoms with Crippen LogP contribution >= 0.6 is 11.8 Å². The molecule has 1 heterocycles. The molecule has 0 amide bonds. The lowest BCUT2D eigenvalue weighted by Gasteiger charge is -2.19. The van der Waals surface area contributed by atoms with Crippen molar-refractivity contribution < 1.29 is 13.5 Å². The topological polar surface area (TPSA) is 21.6 Å². The van der Waals surface area contributed by atoms with E-state index in [-0.39, 0.29) is 17.6 Å². The number of nitrogens with zero attached hydrogens (tertiary/aromatic N) is 1. The highest BCUT2D eigenvalue weighted by atomic mass is 32.2. The summed E-state index contributed by atoms with van der Waals surface area (Å²) in [5, 5.41) is 0. The molecule has 2 bridgehead atoms. The van der Waals surface area contributed by atoms with Crippen LogP contribution in [-0.4, -0.2) is 18.6 Å². The second-order valence-corrected chi connectivity index (χ2v) is 7.64. The van der Waals surface area contributed by atoms with E-state index in [2.05, 4.69) is 22.9 Å². The van der Waals surface area contributed by atoms with E-state index in [1.54, 1.807) is 18.2 Å². The lowest BCUT2D eigenvalue weighted by Crippen LogP contribution is -2.13. The van der Waals surface area contributed by atoms with Crippen LogP contribution in [0.2, 0.25) is 0 Å². The van der Waals surface area contributed by atoms with E-state index in [0.717, 1.165) is 33.9 Å². The van der Waals surface area contributed by atoms with Gasteiger partial charge in [-0.2, -0.15) is 0 Å². The zero-order valence-corrected chi connectivity index (χ0v) is 16.7. The van der Waals surface area contributed by atoms with Gasteiger partial charge < -0.3 is 4.74 Å². The Hall–Kier alpha value is -2.88. The number of benzene rings is 2. The van der Waals surface area contributed by atoms with Crippen LogP contribution in [0.4, 0.5) is 8.78 Å². The molecule has 0 saturated carbocycles. The van der Waals surface area contributed by atoms with Gasteiger partial charge in [0.1, 0.15) is 24.0 Å². The summed E-state index contributed by atoms with van der Waals surface area (Å²) in [5.74, 6) is 0.215. The van der Waals surface area contributed by atoms with E-state index >= 15 is 0 Å². The van der Waals surface area contributed by atoms with Gasteiger partial charge in [0, 0.05) is 29.0 Å². The number of hydrogen-bond donors (Lipinski definition) is 0. The molecule has 4 rings (SSSR count). The maximum atomic E-state index is 13.6. The quantitative estimate of drug-likeness (QED) is 0.434. The van der Waals surface area contributed by atoms with Gasteiger partial charge in [-0.15, -0.1) is 17.5 Å². The minimum atomic E-state index is -0.295. The Labute approximate surface area is 173 Å². The van der Waals surface area contributed by atoms with E-state index in [9.17, 15) is 8.78 Å². The standard InChI is InChI=1S/C24H19F2NOS/c1-29-24-14-19(26)7-10-23(24)17-3-2-4-20-12-16(11-17)13-21(27-20)15-28-22-8-5-18(25)6-9-22/h3-11,13-14,16H,12,15H2,1H3/b17-11+. The van der Waals surface area contributed by atoms with Crippen molar-refractivity contribution in [1.29, 1.82) is 0 Å². The van der Waals surface area contributed by atoms with Gasteiger partial charge in [0.15, 0.2) is 0 Å². The molecule has 0 fully saturated rings. The Morgan fingerprint density at radius 2 is 1.86 bits per heavy atom. The molecule has 146 valence electrons. The summed E-state index contributed by atoms with van der Waals surface area (Å²) in [4.78, 5) is 5.53. The summed E-state index contributed by atoms with van der Waals surface area (Å²) < 4.78 is 32.4. The maximum absolute atomic E-state index is 13.6. The molecule has 1 atom stereocenters. The van der Waals surface area contributed by atoms with Crippen molar-refractivity contribution in [3.63, 3.8) is 0 Å². The van der Waals surface area contributed by atoms with Gasteiger partial charge in [0.25, 0.3) is 0 Å². The van der Waals surface area contributed by atoms with E-state index < -0.39 is 0 Å². The van der Waals surface area contributed by atoms with Crippen LogP contribution < -0.4 is 4.74 Å². The molecule has 1 aliphatic heterocycles. The molecule has 5 heteroatoms. The van der Waals surface area contributed by atoms with Crippen LogP contribution in [0, 0.1) is 17.6 Å². The molecule has 29 heavy (non-hydrogen) atoms. The van der Waals surface area contributed by atoms with E-state index in [4.69, 9.17) is 4.74 Å². The second-order valence-electron chi connectivity index (χ2n) is 6.79. The zero-order valence-electron chi connectivity index (χ0n) is 15.9. The molecule has 2 aromatic rings. The summed E-state index contributed by atoms with van der Waals surface area (Å²) in [7, 11) is 0. The monoisotopic (exact) mass is 407 g/mol. The summed E-state index contributed by atoms with van der Waals surface area (Å²) in [5.41, 5.74) is 6.95. The van der Waals surface area contributed by atoms with Gasteiger partial charge in [-0.05, 0) is 59.9 Å². The summed E-state index contributed by atoms with van der Waals surface area (Å²) in [6, 6.07) is 10.8. The van der Waals surface area contributed by atoms with Crippen molar-refractivity contribution >= 4 is 23.0 Å². The second kappa shape index (κ2) is 8.64. The molecule has 2 aromatic carbocycles. The number of rotatable bonds is 5. The van der Waals surface area contributed by atoms with Gasteiger partial charge in [0.2, 0.25) is 0 Å². The van der Waals surface area contributed by atoms with Gasteiger partial charge >= 0.3 is 0 Å². The Morgan fingerprint density at radius 1 is 1.07 bits per heavy atom. The van der Waals surface area contributed by atoms with Crippen molar-refractivity contribution in [2.24, 2.45) is 10.9 Å². The van der Waals surface area contributed by atoms with E-state index in [1.807, 2.05) is 24.5 Å². The number of fused-ring (bicyclic) bond motifs is 2. The third-order valence-corrected chi connectivity index (χ3v) is 5.47. The fourth-order valence-electron chi connectivity index (χ4n) is 3.36. The van der Waals surface area contributed by atoms with Crippen LogP contribution in [0.1, 0.15) is 12.0 Å². The molecule has 0 spiro atoms. The Balaban J connectivity index is 1.60. The van der Waals surface area contributed by atoms with E-state index in [1.165, 1.54) is 30.0 Å². The van der Waals surface area contributed by atoms with Gasteiger partial charge in [0.05, 0.1) is 5.70 Å². The van der Waals surface area contributed by atoms with Crippen LogP contribution in [-0.2, 0) is 0 Å². The molecule has 0 N–H and O–H groups in total. The van der Waals surface area contributed by atoms with Crippen molar-refractivity contribution in [2.75, 3.05) is 12.9 Å². The molecule has 0 radical (unpaired) electrons. The van der Waals surface area contributed by atoms with Gasteiger partial charge in [-0.3, -0.25) is 4.99 Å². The highest BCUT2D eigenvalue weighted by molar-refractivity contribution is 7.98. The smallest absolute Gasteiger partial charge is 0.130 e. The number of aliphatic imine (C=N–C) groups is 1. The van der Waals surface area contributed by atoms with Crippen molar-refractivity contribution in [2.45, 2.75) is 11.3 Å². The third kappa shape index (κ3) is 4.76. The Bertz CT molecular complexity index is 1080. The first-order valence-electron chi connectivity index (χ1n) is 9.25. The summed E-state index contributed by atoms with van der Waals surface area (Å²) in [6.07, 6.45) is 10.8. The van der Waals surface area contributed by atoms with Crippen LogP contribution in [0.15, 0.2) is 88.1 Å². The van der Waals surface area contributed by atoms with Crippen molar-refractivity contribution in [3.05, 3.63) is 95.4 Å². The van der Waals surface area contributed by atoms with Crippen molar-refractivity contribution in [3.8, 4) is 5.75 Å². The first kappa shape index (κ1) is 19.4. The van der Waals surface area contributed by atoms with Crippen molar-refractivity contribution in [1.82, 2.24) is 0 Å². The maximum Gasteiger partial charge on any atom is 0.130 e. The van der Waals surface area contributed by atoms with Gasteiger partial charge in [-0.1, -0.05) is 18.2 Å². The SMILES string of the molecule is CSc1cc(F)ccc1/C1=C/C2C=C(COc3ccc(F)cc3)N=C(C=C=C1)C2. The number of hydrogen-bond acceptors (Lipinski definition) is 3. The molecule has 0 aromatic heterocycles. The normalized spacial score (nSPS) is 19.6. The number of allylic oxidation sites excluding steroid dienone is 4. The molecule has 1 aliphatic carbocycles. The first-order valence-corrected chi connectivity index (χ1v) is 10.5. The molecular weight excluding hydrogens is 388 g/mol. The Kier molecular flexibility index (Phi) is 5.79. The van der Waals surface area contributed by atoms with Crippen LogP contribution in [0.25, 0.3) is 5.57 Å². The minimum Gasteiger partial charge on any atom is -0.487 e. The molecule has 2 aliphatic rings. The summed E-state index contributed by atoms with van der Waals surface area (Å²) in [6.45, 7) is 0.305. The number of thioether (sulfide) groups is 1. The third-order valence-electron chi connectivity index (χ3n) is 4.70. The minimum absolute atomic E-state index is 0.152. The average Bonchev–Trinajstić information content (AvgIpc) is 2.71. The van der Waals surface area contributed by atoms with Crippen LogP contribution in [0.3, 0.4) is 0 Å². The van der Waals surface area contributed by atoms with Gasteiger partial charge in [-0.25, -0.2) is 8.78 Å². The fraction of sp³-hybridized carbons (Fsp3) is 0.167. The Morgan fingerprint density at radius 3 is 2.66 bits per heavy atom. The predicted octanol–water partition coefficient (Wildman–Crippen LogP) is 6.22. The number of ether oxygens (including phenoxy) is 1. The highest BCUT2D eigenvalue weighted by Gasteiger charge is 2.17. The van der Waals surface area contributed by atoms with Crippen LogP contribution in [0.5, 0.6) is 5.75 Å². The highest BCUT2D eigenvalue weighted by Crippen LogP contribution is 2.32.